The molecule has 0 fully saturated rings. The molecule has 2 aromatic heterocycles. The quantitative estimate of drug-likeness (QED) is 0.696. The standard InChI is InChI=1S/C19H21N3O3/c1-12(2)16-11-15(17-13(3)22-25-19(17)21-16)18(23)20-9-10-24-14-7-5-4-6-8-14/h4-8,11-12H,9-10H2,1-3H3,(H,20,23). The highest BCUT2D eigenvalue weighted by Gasteiger charge is 2.19. The van der Waals surface area contributed by atoms with Crippen LogP contribution in [0.2, 0.25) is 0 Å². The van der Waals surface area contributed by atoms with Crippen molar-refractivity contribution in [2.24, 2.45) is 0 Å². The molecule has 25 heavy (non-hydrogen) atoms. The number of ether oxygens (including phenoxy) is 1. The molecule has 1 amide bonds. The predicted molar refractivity (Wildman–Crippen MR) is 94.9 cm³/mol. The lowest BCUT2D eigenvalue weighted by Crippen LogP contribution is -2.28. The van der Waals surface area contributed by atoms with Gasteiger partial charge in [-0.25, -0.2) is 4.98 Å². The third-order valence-corrected chi connectivity index (χ3v) is 3.87. The fourth-order valence-corrected chi connectivity index (χ4v) is 2.53. The normalized spacial score (nSPS) is 11.0. The van der Waals surface area contributed by atoms with Crippen molar-refractivity contribution in [2.45, 2.75) is 26.7 Å². The van der Waals surface area contributed by atoms with Crippen molar-refractivity contribution < 1.29 is 14.1 Å². The first-order chi connectivity index (χ1) is 12.1. The summed E-state index contributed by atoms with van der Waals surface area (Å²) in [6, 6.07) is 11.3. The van der Waals surface area contributed by atoms with Gasteiger partial charge in [-0.3, -0.25) is 4.79 Å². The molecule has 2 heterocycles. The van der Waals surface area contributed by atoms with Gasteiger partial charge in [-0.15, -0.1) is 0 Å². The van der Waals surface area contributed by atoms with E-state index in [-0.39, 0.29) is 11.8 Å². The van der Waals surface area contributed by atoms with Crippen molar-refractivity contribution in [1.29, 1.82) is 0 Å². The van der Waals surface area contributed by atoms with Crippen LogP contribution in [0.3, 0.4) is 0 Å². The van der Waals surface area contributed by atoms with Gasteiger partial charge >= 0.3 is 0 Å². The lowest BCUT2D eigenvalue weighted by atomic mass is 10.0. The number of aryl methyl sites for hydroxylation is 1. The summed E-state index contributed by atoms with van der Waals surface area (Å²) < 4.78 is 10.8. The molecule has 1 N–H and O–H groups in total. The smallest absolute Gasteiger partial charge is 0.259 e. The minimum Gasteiger partial charge on any atom is -0.492 e. The number of hydrogen-bond donors (Lipinski definition) is 1. The SMILES string of the molecule is Cc1noc2nc(C(C)C)cc(C(=O)NCCOc3ccccc3)c12. The van der Waals surface area contributed by atoms with Crippen LogP contribution in [0.1, 0.15) is 41.5 Å². The van der Waals surface area contributed by atoms with Crippen LogP contribution in [-0.2, 0) is 0 Å². The fourth-order valence-electron chi connectivity index (χ4n) is 2.53. The van der Waals surface area contributed by atoms with Gasteiger partial charge in [0.1, 0.15) is 12.4 Å². The van der Waals surface area contributed by atoms with Gasteiger partial charge in [0, 0.05) is 5.69 Å². The van der Waals surface area contributed by atoms with Crippen molar-refractivity contribution in [3.8, 4) is 5.75 Å². The maximum atomic E-state index is 12.6. The molecule has 1 aromatic carbocycles. The Bertz CT molecular complexity index is 872. The van der Waals surface area contributed by atoms with E-state index in [2.05, 4.69) is 15.5 Å². The number of pyridine rings is 1. The van der Waals surface area contributed by atoms with Gasteiger partial charge in [0.25, 0.3) is 11.6 Å². The second-order valence-electron chi connectivity index (χ2n) is 6.11. The Morgan fingerprint density at radius 1 is 1.28 bits per heavy atom. The molecule has 0 aliphatic carbocycles. The molecule has 130 valence electrons. The summed E-state index contributed by atoms with van der Waals surface area (Å²) in [5.74, 6) is 0.778. The number of rotatable bonds is 6. The lowest BCUT2D eigenvalue weighted by molar-refractivity contribution is 0.0948. The molecule has 3 aromatic rings. The Morgan fingerprint density at radius 3 is 2.76 bits per heavy atom. The van der Waals surface area contributed by atoms with Crippen LogP contribution in [0.25, 0.3) is 11.1 Å². The van der Waals surface area contributed by atoms with Crippen LogP contribution in [-0.4, -0.2) is 29.2 Å². The average molecular weight is 339 g/mol. The Morgan fingerprint density at radius 2 is 2.04 bits per heavy atom. The molecule has 6 heteroatoms. The molecule has 0 saturated heterocycles. The third kappa shape index (κ3) is 3.79. The van der Waals surface area contributed by atoms with Crippen LogP contribution < -0.4 is 10.1 Å². The Hall–Kier alpha value is -2.89. The second kappa shape index (κ2) is 7.34. The summed E-state index contributed by atoms with van der Waals surface area (Å²) >= 11 is 0. The number of fused-ring (bicyclic) bond motifs is 1. The Balaban J connectivity index is 1.71. The van der Waals surface area contributed by atoms with Gasteiger partial charge < -0.3 is 14.6 Å². The molecule has 0 radical (unpaired) electrons. The van der Waals surface area contributed by atoms with Gasteiger partial charge in [-0.2, -0.15) is 0 Å². The largest absolute Gasteiger partial charge is 0.492 e. The molecular formula is C19H21N3O3. The van der Waals surface area contributed by atoms with Gasteiger partial charge in [-0.05, 0) is 31.0 Å². The first-order valence-corrected chi connectivity index (χ1v) is 8.29. The number of para-hydroxylation sites is 1. The summed E-state index contributed by atoms with van der Waals surface area (Å²) in [6.07, 6.45) is 0. The molecule has 0 bridgehead atoms. The maximum Gasteiger partial charge on any atom is 0.259 e. The third-order valence-electron chi connectivity index (χ3n) is 3.87. The molecule has 0 atom stereocenters. The van der Waals surface area contributed by atoms with E-state index in [0.717, 1.165) is 11.4 Å². The number of nitrogens with zero attached hydrogens (tertiary/aromatic N) is 2. The van der Waals surface area contributed by atoms with Crippen molar-refractivity contribution in [3.05, 3.63) is 53.3 Å². The highest BCUT2D eigenvalue weighted by atomic mass is 16.5. The molecule has 0 aliphatic heterocycles. The minimum absolute atomic E-state index is 0.183. The van der Waals surface area contributed by atoms with E-state index in [4.69, 9.17) is 9.26 Å². The van der Waals surface area contributed by atoms with Gasteiger partial charge in [0.05, 0.1) is 23.2 Å². The Labute approximate surface area is 146 Å². The predicted octanol–water partition coefficient (Wildman–Crippen LogP) is 3.46. The van der Waals surface area contributed by atoms with Crippen LogP contribution in [0.15, 0.2) is 40.9 Å². The summed E-state index contributed by atoms with van der Waals surface area (Å²) in [4.78, 5) is 17.1. The number of carbonyl (C=O) groups excluding carboxylic acids is 1. The Kier molecular flexibility index (Phi) is 4.97. The summed E-state index contributed by atoms with van der Waals surface area (Å²) in [7, 11) is 0. The number of carbonyl (C=O) groups is 1. The zero-order valence-electron chi connectivity index (χ0n) is 14.6. The molecular weight excluding hydrogens is 318 g/mol. The minimum atomic E-state index is -0.183. The monoisotopic (exact) mass is 339 g/mol. The summed E-state index contributed by atoms with van der Waals surface area (Å²) in [5, 5.41) is 7.47. The summed E-state index contributed by atoms with van der Waals surface area (Å²) in [5.41, 5.74) is 2.39. The lowest BCUT2D eigenvalue weighted by Gasteiger charge is -2.10. The van der Waals surface area contributed by atoms with Crippen molar-refractivity contribution >= 4 is 17.0 Å². The van der Waals surface area contributed by atoms with Crippen molar-refractivity contribution in [1.82, 2.24) is 15.5 Å². The number of nitrogens with one attached hydrogen (secondary N) is 1. The van der Waals surface area contributed by atoms with Gasteiger partial charge in [0.15, 0.2) is 0 Å². The average Bonchev–Trinajstić information content (AvgIpc) is 3.00. The molecule has 6 nitrogen and oxygen atoms in total. The van der Waals surface area contributed by atoms with E-state index < -0.39 is 0 Å². The second-order valence-corrected chi connectivity index (χ2v) is 6.11. The zero-order chi connectivity index (χ0) is 17.8. The summed E-state index contributed by atoms with van der Waals surface area (Å²) in [6.45, 7) is 6.64. The fraction of sp³-hybridized carbons (Fsp3) is 0.316. The van der Waals surface area contributed by atoms with Crippen LogP contribution in [0.4, 0.5) is 0 Å². The van der Waals surface area contributed by atoms with Gasteiger partial charge in [0.2, 0.25) is 0 Å². The first kappa shape index (κ1) is 17.0. The molecule has 0 aliphatic rings. The first-order valence-electron chi connectivity index (χ1n) is 8.29. The number of benzene rings is 1. The van der Waals surface area contributed by atoms with E-state index in [9.17, 15) is 4.79 Å². The van der Waals surface area contributed by atoms with E-state index in [1.807, 2.05) is 50.2 Å². The number of aromatic nitrogens is 2. The topological polar surface area (TPSA) is 77.2 Å². The van der Waals surface area contributed by atoms with E-state index in [1.165, 1.54) is 0 Å². The number of hydrogen-bond acceptors (Lipinski definition) is 5. The van der Waals surface area contributed by atoms with Crippen LogP contribution in [0.5, 0.6) is 5.75 Å². The van der Waals surface area contributed by atoms with Crippen molar-refractivity contribution in [3.63, 3.8) is 0 Å². The zero-order valence-corrected chi connectivity index (χ0v) is 14.6. The molecule has 0 saturated carbocycles. The van der Waals surface area contributed by atoms with E-state index >= 15 is 0 Å². The molecule has 3 rings (SSSR count). The maximum absolute atomic E-state index is 12.6. The van der Waals surface area contributed by atoms with Gasteiger partial charge in [-0.1, -0.05) is 37.2 Å². The number of amides is 1. The molecule has 0 spiro atoms. The van der Waals surface area contributed by atoms with Crippen molar-refractivity contribution in [2.75, 3.05) is 13.2 Å². The van der Waals surface area contributed by atoms with E-state index in [0.29, 0.717) is 35.5 Å². The highest BCUT2D eigenvalue weighted by molar-refractivity contribution is 6.06. The van der Waals surface area contributed by atoms with Crippen LogP contribution in [0, 0.1) is 6.92 Å². The molecule has 0 unspecified atom stereocenters. The van der Waals surface area contributed by atoms with E-state index in [1.54, 1.807) is 6.92 Å². The van der Waals surface area contributed by atoms with Crippen LogP contribution >= 0.6 is 0 Å². The highest BCUT2D eigenvalue weighted by Crippen LogP contribution is 2.25.